The SMILES string of the molecule is CC(O)(CNC(=O)Nc1ccc(Cl)nc1)c1ccc(F)cc1F. The van der Waals surface area contributed by atoms with Gasteiger partial charge in [0, 0.05) is 11.6 Å². The van der Waals surface area contributed by atoms with Crippen molar-refractivity contribution in [1.29, 1.82) is 0 Å². The number of nitrogens with zero attached hydrogens (tertiary/aromatic N) is 1. The average Bonchev–Trinajstić information content (AvgIpc) is 2.47. The van der Waals surface area contributed by atoms with E-state index < -0.39 is 23.3 Å². The molecular formula is C15H14ClF2N3O2. The van der Waals surface area contributed by atoms with E-state index in [0.29, 0.717) is 11.8 Å². The topological polar surface area (TPSA) is 74.2 Å². The summed E-state index contributed by atoms with van der Waals surface area (Å²) in [4.78, 5) is 15.6. The molecule has 0 saturated heterocycles. The maximum atomic E-state index is 13.7. The van der Waals surface area contributed by atoms with Crippen molar-refractivity contribution in [3.8, 4) is 0 Å². The van der Waals surface area contributed by atoms with Crippen LogP contribution in [0.15, 0.2) is 36.5 Å². The lowest BCUT2D eigenvalue weighted by molar-refractivity contribution is 0.0561. The highest BCUT2D eigenvalue weighted by Gasteiger charge is 2.27. The van der Waals surface area contributed by atoms with Crippen molar-refractivity contribution in [2.24, 2.45) is 0 Å². The van der Waals surface area contributed by atoms with Crippen molar-refractivity contribution >= 4 is 23.3 Å². The second-order valence-corrected chi connectivity index (χ2v) is 5.46. The van der Waals surface area contributed by atoms with Crippen LogP contribution in [0.5, 0.6) is 0 Å². The molecule has 0 fully saturated rings. The largest absolute Gasteiger partial charge is 0.383 e. The summed E-state index contributed by atoms with van der Waals surface area (Å²) in [5.74, 6) is -1.64. The van der Waals surface area contributed by atoms with Gasteiger partial charge >= 0.3 is 6.03 Å². The van der Waals surface area contributed by atoms with Crippen LogP contribution in [0.2, 0.25) is 5.15 Å². The van der Waals surface area contributed by atoms with Gasteiger partial charge in [-0.1, -0.05) is 17.7 Å². The average molecular weight is 342 g/mol. The van der Waals surface area contributed by atoms with E-state index in [2.05, 4.69) is 15.6 Å². The van der Waals surface area contributed by atoms with E-state index >= 15 is 0 Å². The van der Waals surface area contributed by atoms with Crippen molar-refractivity contribution in [2.75, 3.05) is 11.9 Å². The normalized spacial score (nSPS) is 13.3. The van der Waals surface area contributed by atoms with Crippen LogP contribution in [-0.4, -0.2) is 22.7 Å². The van der Waals surface area contributed by atoms with Crippen molar-refractivity contribution < 1.29 is 18.7 Å². The molecule has 2 rings (SSSR count). The molecule has 0 spiro atoms. The molecule has 1 heterocycles. The van der Waals surface area contributed by atoms with Crippen molar-refractivity contribution in [2.45, 2.75) is 12.5 Å². The highest BCUT2D eigenvalue weighted by atomic mass is 35.5. The molecule has 1 aromatic carbocycles. The quantitative estimate of drug-likeness (QED) is 0.748. The van der Waals surface area contributed by atoms with Gasteiger partial charge in [0.2, 0.25) is 0 Å². The molecule has 1 unspecified atom stereocenters. The third kappa shape index (κ3) is 4.61. The summed E-state index contributed by atoms with van der Waals surface area (Å²) in [7, 11) is 0. The lowest BCUT2D eigenvalue weighted by Gasteiger charge is -2.24. The summed E-state index contributed by atoms with van der Waals surface area (Å²) >= 11 is 5.63. The van der Waals surface area contributed by atoms with Crippen molar-refractivity contribution in [3.05, 3.63) is 58.9 Å². The Morgan fingerprint density at radius 2 is 2.09 bits per heavy atom. The maximum absolute atomic E-state index is 13.7. The van der Waals surface area contributed by atoms with Gasteiger partial charge in [-0.25, -0.2) is 18.6 Å². The molecule has 2 amide bonds. The third-order valence-electron chi connectivity index (χ3n) is 3.09. The van der Waals surface area contributed by atoms with Gasteiger partial charge in [0.15, 0.2) is 0 Å². The van der Waals surface area contributed by atoms with Crippen LogP contribution in [0.4, 0.5) is 19.3 Å². The van der Waals surface area contributed by atoms with Crippen molar-refractivity contribution in [3.63, 3.8) is 0 Å². The van der Waals surface area contributed by atoms with Gasteiger partial charge in [-0.2, -0.15) is 0 Å². The summed E-state index contributed by atoms with van der Waals surface area (Å²) in [5.41, 5.74) is -1.42. The van der Waals surface area contributed by atoms with Crippen LogP contribution in [-0.2, 0) is 5.60 Å². The van der Waals surface area contributed by atoms with Gasteiger partial charge in [-0.3, -0.25) is 0 Å². The number of aliphatic hydroxyl groups is 1. The van der Waals surface area contributed by atoms with Gasteiger partial charge in [-0.05, 0) is 25.1 Å². The Balaban J connectivity index is 1.98. The number of aromatic nitrogens is 1. The Labute approximate surface area is 136 Å². The Bertz CT molecular complexity index is 708. The molecule has 0 bridgehead atoms. The number of amides is 2. The van der Waals surface area contributed by atoms with Gasteiger partial charge in [0.1, 0.15) is 22.4 Å². The van der Waals surface area contributed by atoms with E-state index in [1.54, 1.807) is 6.07 Å². The minimum Gasteiger partial charge on any atom is -0.383 e. The van der Waals surface area contributed by atoms with Crippen LogP contribution in [0.3, 0.4) is 0 Å². The lowest BCUT2D eigenvalue weighted by atomic mass is 9.95. The number of carbonyl (C=O) groups excluding carboxylic acids is 1. The van der Waals surface area contributed by atoms with Crippen LogP contribution >= 0.6 is 11.6 Å². The summed E-state index contributed by atoms with van der Waals surface area (Å²) in [5, 5.41) is 15.4. The van der Waals surface area contributed by atoms with E-state index in [-0.39, 0.29) is 17.3 Å². The molecule has 8 heteroatoms. The fraction of sp³-hybridized carbons (Fsp3) is 0.200. The number of halogens is 3. The molecule has 122 valence electrons. The van der Waals surface area contributed by atoms with Gasteiger partial charge in [0.25, 0.3) is 0 Å². The van der Waals surface area contributed by atoms with Gasteiger partial charge < -0.3 is 15.7 Å². The Morgan fingerprint density at radius 1 is 1.35 bits per heavy atom. The second-order valence-electron chi connectivity index (χ2n) is 5.08. The molecule has 2 aromatic rings. The fourth-order valence-electron chi connectivity index (χ4n) is 1.90. The predicted molar refractivity (Wildman–Crippen MR) is 82.2 cm³/mol. The fourth-order valence-corrected chi connectivity index (χ4v) is 2.01. The highest BCUT2D eigenvalue weighted by Crippen LogP contribution is 2.23. The zero-order chi connectivity index (χ0) is 17.0. The van der Waals surface area contributed by atoms with Crippen LogP contribution in [0.25, 0.3) is 0 Å². The van der Waals surface area contributed by atoms with Gasteiger partial charge in [0.05, 0.1) is 18.4 Å². The van der Waals surface area contributed by atoms with Gasteiger partial charge in [-0.15, -0.1) is 0 Å². The minimum atomic E-state index is -1.70. The molecule has 0 saturated carbocycles. The number of urea groups is 1. The monoisotopic (exact) mass is 341 g/mol. The van der Waals surface area contributed by atoms with E-state index in [9.17, 15) is 18.7 Å². The molecular weight excluding hydrogens is 328 g/mol. The Kier molecular flexibility index (Phi) is 5.12. The second kappa shape index (κ2) is 6.89. The maximum Gasteiger partial charge on any atom is 0.319 e. The zero-order valence-electron chi connectivity index (χ0n) is 12.1. The molecule has 3 N–H and O–H groups in total. The Hall–Kier alpha value is -2.25. The first-order valence-electron chi connectivity index (χ1n) is 6.62. The summed E-state index contributed by atoms with van der Waals surface area (Å²) in [6.45, 7) is 1.04. The van der Waals surface area contributed by atoms with E-state index in [4.69, 9.17) is 11.6 Å². The number of benzene rings is 1. The Morgan fingerprint density at radius 3 is 2.70 bits per heavy atom. The molecule has 1 aromatic heterocycles. The third-order valence-corrected chi connectivity index (χ3v) is 3.31. The molecule has 1 atom stereocenters. The molecule has 0 aliphatic heterocycles. The van der Waals surface area contributed by atoms with Crippen LogP contribution in [0, 0.1) is 11.6 Å². The zero-order valence-corrected chi connectivity index (χ0v) is 12.9. The van der Waals surface area contributed by atoms with E-state index in [1.807, 2.05) is 0 Å². The van der Waals surface area contributed by atoms with E-state index in [1.165, 1.54) is 19.2 Å². The predicted octanol–water partition coefficient (Wildman–Crippen LogP) is 3.04. The first kappa shape index (κ1) is 17.1. The van der Waals surface area contributed by atoms with Crippen molar-refractivity contribution in [1.82, 2.24) is 10.3 Å². The molecule has 0 aliphatic rings. The minimum absolute atomic E-state index is 0.118. The van der Waals surface area contributed by atoms with Crippen LogP contribution in [0.1, 0.15) is 12.5 Å². The number of carbonyl (C=O) groups is 1. The summed E-state index contributed by atoms with van der Waals surface area (Å²) < 4.78 is 26.6. The first-order valence-corrected chi connectivity index (χ1v) is 7.00. The number of hydrogen-bond acceptors (Lipinski definition) is 3. The smallest absolute Gasteiger partial charge is 0.319 e. The number of pyridine rings is 1. The highest BCUT2D eigenvalue weighted by molar-refractivity contribution is 6.29. The summed E-state index contributed by atoms with van der Waals surface area (Å²) in [6, 6.07) is 5.27. The molecule has 0 radical (unpaired) electrons. The lowest BCUT2D eigenvalue weighted by Crippen LogP contribution is -2.41. The first-order chi connectivity index (χ1) is 10.8. The molecule has 5 nitrogen and oxygen atoms in total. The van der Waals surface area contributed by atoms with Crippen LogP contribution < -0.4 is 10.6 Å². The molecule has 23 heavy (non-hydrogen) atoms. The number of hydrogen-bond donors (Lipinski definition) is 3. The summed E-state index contributed by atoms with van der Waals surface area (Å²) in [6.07, 6.45) is 1.36. The number of nitrogens with one attached hydrogen (secondary N) is 2. The standard InChI is InChI=1S/C15H14ClF2N3O2/c1-15(23,11-4-2-9(17)6-12(11)18)8-20-14(22)21-10-3-5-13(16)19-7-10/h2-7,23H,8H2,1H3,(H2,20,21,22). The van der Waals surface area contributed by atoms with E-state index in [0.717, 1.165) is 12.1 Å². The number of anilines is 1. The number of rotatable bonds is 4. The molecule has 0 aliphatic carbocycles.